The summed E-state index contributed by atoms with van der Waals surface area (Å²) in [6.07, 6.45) is 54.1. The van der Waals surface area contributed by atoms with E-state index in [4.69, 9.17) is 0 Å². The molecule has 0 aromatic carbocycles. The van der Waals surface area contributed by atoms with Crippen molar-refractivity contribution >= 4 is 0 Å². The predicted octanol–water partition coefficient (Wildman–Crippen LogP) is 14.4. The molecule has 248 valence electrons. The highest BCUT2D eigenvalue weighted by Gasteiger charge is 2.09. The van der Waals surface area contributed by atoms with Gasteiger partial charge in [0.15, 0.2) is 0 Å². The molecule has 0 fully saturated rings. The van der Waals surface area contributed by atoms with Crippen molar-refractivity contribution in [1.29, 1.82) is 0 Å². The lowest BCUT2D eigenvalue weighted by Gasteiger charge is -2.17. The average Bonchev–Trinajstić information content (AvgIpc) is 3.53. The minimum atomic E-state index is 0.975. The molecule has 0 saturated carbocycles. The number of aryl methyl sites for hydroxylation is 1. The maximum absolute atomic E-state index is 4.20. The van der Waals surface area contributed by atoms with Crippen molar-refractivity contribution in [2.24, 2.45) is 5.92 Å². The van der Waals surface area contributed by atoms with Crippen LogP contribution < -0.4 is 0 Å². The third-order valence-corrected chi connectivity index (χ3v) is 9.77. The first-order valence-electron chi connectivity index (χ1n) is 19.8. The van der Waals surface area contributed by atoms with E-state index in [1.807, 2.05) is 12.5 Å². The standard InChI is InChI=1S/C40H78N2/c1-3-5-7-9-11-13-15-16-17-18-19-20-22-24-26-28-30-34-40(35-31-32-37-42-38-36-41-39-42)33-29-27-25-23-21-14-12-10-8-6-4-2/h36,38-40H,3-35,37H2,1-2H3. The van der Waals surface area contributed by atoms with Crippen molar-refractivity contribution in [3.05, 3.63) is 18.7 Å². The van der Waals surface area contributed by atoms with Crippen LogP contribution in [-0.2, 0) is 6.54 Å². The van der Waals surface area contributed by atoms with Gasteiger partial charge in [0, 0.05) is 18.9 Å². The van der Waals surface area contributed by atoms with Gasteiger partial charge in [0.25, 0.3) is 0 Å². The van der Waals surface area contributed by atoms with Gasteiger partial charge in [-0.2, -0.15) is 0 Å². The van der Waals surface area contributed by atoms with E-state index in [1.54, 1.807) is 0 Å². The van der Waals surface area contributed by atoms with Gasteiger partial charge in [-0.05, 0) is 12.3 Å². The molecule has 0 aliphatic heterocycles. The van der Waals surface area contributed by atoms with E-state index in [-0.39, 0.29) is 0 Å². The number of imidazole rings is 1. The molecule has 1 atom stereocenters. The van der Waals surface area contributed by atoms with Crippen LogP contribution in [0.3, 0.4) is 0 Å². The Morgan fingerprint density at radius 1 is 0.405 bits per heavy atom. The van der Waals surface area contributed by atoms with Crippen LogP contribution in [0.5, 0.6) is 0 Å². The Hall–Kier alpha value is -0.790. The molecule has 1 aromatic heterocycles. The molecule has 1 unspecified atom stereocenters. The summed E-state index contributed by atoms with van der Waals surface area (Å²) in [5.41, 5.74) is 0. The number of rotatable bonds is 35. The van der Waals surface area contributed by atoms with Crippen molar-refractivity contribution in [2.45, 2.75) is 232 Å². The molecule has 1 aromatic rings. The lowest BCUT2D eigenvalue weighted by Crippen LogP contribution is -2.03. The molecule has 42 heavy (non-hydrogen) atoms. The second-order valence-corrected chi connectivity index (χ2v) is 13.9. The summed E-state index contributed by atoms with van der Waals surface area (Å²) in [7, 11) is 0. The van der Waals surface area contributed by atoms with Gasteiger partial charge in [-0.3, -0.25) is 0 Å². The molecule has 0 N–H and O–H groups in total. The van der Waals surface area contributed by atoms with Crippen molar-refractivity contribution in [2.75, 3.05) is 0 Å². The van der Waals surface area contributed by atoms with Crippen LogP contribution in [0.15, 0.2) is 18.7 Å². The van der Waals surface area contributed by atoms with Gasteiger partial charge >= 0.3 is 0 Å². The fourth-order valence-electron chi connectivity index (χ4n) is 6.83. The second kappa shape index (κ2) is 33.1. The Kier molecular flexibility index (Phi) is 30.9. The predicted molar refractivity (Wildman–Crippen MR) is 189 cm³/mol. The highest BCUT2D eigenvalue weighted by molar-refractivity contribution is 4.73. The van der Waals surface area contributed by atoms with Crippen molar-refractivity contribution < 1.29 is 0 Å². The van der Waals surface area contributed by atoms with E-state index < -0.39 is 0 Å². The van der Waals surface area contributed by atoms with Crippen molar-refractivity contribution in [3.63, 3.8) is 0 Å². The molecule has 0 spiro atoms. The van der Waals surface area contributed by atoms with E-state index in [1.165, 1.54) is 212 Å². The molecule has 1 heterocycles. The topological polar surface area (TPSA) is 17.8 Å². The SMILES string of the molecule is CCCCCCCCCCCCCCCCCCCC(CCCCCCCCCCCCC)CCCCn1ccnc1. The van der Waals surface area contributed by atoms with Crippen molar-refractivity contribution in [3.8, 4) is 0 Å². The third kappa shape index (κ3) is 28.0. The van der Waals surface area contributed by atoms with Gasteiger partial charge in [0.1, 0.15) is 0 Å². The maximum atomic E-state index is 4.20. The first kappa shape index (κ1) is 39.2. The van der Waals surface area contributed by atoms with E-state index in [0.29, 0.717) is 0 Å². The van der Waals surface area contributed by atoms with Crippen LogP contribution in [-0.4, -0.2) is 9.55 Å². The fourth-order valence-corrected chi connectivity index (χ4v) is 6.83. The van der Waals surface area contributed by atoms with Gasteiger partial charge in [-0.25, -0.2) is 4.98 Å². The van der Waals surface area contributed by atoms with Crippen LogP contribution in [0.2, 0.25) is 0 Å². The largest absolute Gasteiger partial charge is 0.337 e. The van der Waals surface area contributed by atoms with E-state index in [2.05, 4.69) is 29.6 Å². The molecule has 1 rings (SSSR count). The fraction of sp³-hybridized carbons (Fsp3) is 0.925. The van der Waals surface area contributed by atoms with Crippen LogP contribution in [0.1, 0.15) is 226 Å². The molecule has 0 aliphatic carbocycles. The Labute approximate surface area is 266 Å². The van der Waals surface area contributed by atoms with Crippen LogP contribution >= 0.6 is 0 Å². The molecule has 0 radical (unpaired) electrons. The summed E-state index contributed by atoms with van der Waals surface area (Å²) in [4.78, 5) is 4.20. The quantitative estimate of drug-likeness (QED) is 0.0723. The summed E-state index contributed by atoms with van der Waals surface area (Å²) in [6.45, 7) is 5.77. The molecule has 2 nitrogen and oxygen atoms in total. The molecule has 0 saturated heterocycles. The molecule has 0 amide bonds. The van der Waals surface area contributed by atoms with Crippen LogP contribution in [0.25, 0.3) is 0 Å². The zero-order chi connectivity index (χ0) is 30.0. The van der Waals surface area contributed by atoms with E-state index >= 15 is 0 Å². The highest BCUT2D eigenvalue weighted by Crippen LogP contribution is 2.24. The van der Waals surface area contributed by atoms with Gasteiger partial charge in [0.05, 0.1) is 6.33 Å². The summed E-state index contributed by atoms with van der Waals surface area (Å²) in [5.74, 6) is 0.975. The summed E-state index contributed by atoms with van der Waals surface area (Å²) in [5, 5.41) is 0. The van der Waals surface area contributed by atoms with Crippen LogP contribution in [0, 0.1) is 5.92 Å². The van der Waals surface area contributed by atoms with E-state index in [9.17, 15) is 0 Å². The monoisotopic (exact) mass is 587 g/mol. The van der Waals surface area contributed by atoms with Crippen molar-refractivity contribution in [1.82, 2.24) is 9.55 Å². The van der Waals surface area contributed by atoms with Gasteiger partial charge < -0.3 is 4.57 Å². The molecular formula is C40H78N2. The summed E-state index contributed by atoms with van der Waals surface area (Å²) < 4.78 is 2.25. The number of hydrogen-bond donors (Lipinski definition) is 0. The second-order valence-electron chi connectivity index (χ2n) is 13.9. The Balaban J connectivity index is 2.00. The smallest absolute Gasteiger partial charge is 0.0945 e. The van der Waals surface area contributed by atoms with Crippen LogP contribution in [0.4, 0.5) is 0 Å². The van der Waals surface area contributed by atoms with Gasteiger partial charge in [-0.1, -0.05) is 219 Å². The zero-order valence-corrected chi connectivity index (χ0v) is 29.2. The van der Waals surface area contributed by atoms with E-state index in [0.717, 1.165) is 12.5 Å². The first-order chi connectivity index (χ1) is 20.9. The molecular weight excluding hydrogens is 508 g/mol. The minimum absolute atomic E-state index is 0.975. The zero-order valence-electron chi connectivity index (χ0n) is 29.2. The number of aromatic nitrogens is 2. The van der Waals surface area contributed by atoms with Gasteiger partial charge in [-0.15, -0.1) is 0 Å². The number of nitrogens with zero attached hydrogens (tertiary/aromatic N) is 2. The third-order valence-electron chi connectivity index (χ3n) is 9.77. The Bertz CT molecular complexity index is 595. The molecule has 0 aliphatic rings. The van der Waals surface area contributed by atoms with Gasteiger partial charge in [0.2, 0.25) is 0 Å². The normalized spacial score (nSPS) is 12.3. The minimum Gasteiger partial charge on any atom is -0.337 e. The Morgan fingerprint density at radius 2 is 0.714 bits per heavy atom. The summed E-state index contributed by atoms with van der Waals surface area (Å²) >= 11 is 0. The highest BCUT2D eigenvalue weighted by atomic mass is 15.0. The number of hydrogen-bond acceptors (Lipinski definition) is 1. The summed E-state index contributed by atoms with van der Waals surface area (Å²) in [6, 6.07) is 0. The molecule has 0 bridgehead atoms. The Morgan fingerprint density at radius 3 is 1.02 bits per heavy atom. The first-order valence-corrected chi connectivity index (χ1v) is 19.8. The lowest BCUT2D eigenvalue weighted by atomic mass is 9.90. The maximum Gasteiger partial charge on any atom is 0.0945 e. The average molecular weight is 587 g/mol. The lowest BCUT2D eigenvalue weighted by molar-refractivity contribution is 0.364. The molecule has 2 heteroatoms. The number of unbranched alkanes of at least 4 members (excludes halogenated alkanes) is 27.